The van der Waals surface area contributed by atoms with Crippen LogP contribution in [0.3, 0.4) is 0 Å². The Labute approximate surface area is 234 Å². The van der Waals surface area contributed by atoms with E-state index in [1.54, 1.807) is 44.7 Å². The third kappa shape index (κ3) is 7.28. The first-order valence-corrected chi connectivity index (χ1v) is 14.5. The van der Waals surface area contributed by atoms with Gasteiger partial charge in [-0.2, -0.15) is 0 Å². The summed E-state index contributed by atoms with van der Waals surface area (Å²) in [4.78, 5) is 29.2. The van der Waals surface area contributed by atoms with E-state index in [4.69, 9.17) is 9.47 Å². The molecule has 1 aliphatic heterocycles. The van der Waals surface area contributed by atoms with Crippen molar-refractivity contribution < 1.29 is 23.5 Å². The number of nitrogens with zero attached hydrogens (tertiary/aromatic N) is 1. The molecule has 39 heavy (non-hydrogen) atoms. The van der Waals surface area contributed by atoms with E-state index in [0.717, 1.165) is 11.4 Å². The molecule has 1 heterocycles. The summed E-state index contributed by atoms with van der Waals surface area (Å²) in [5, 5.41) is 0. The van der Waals surface area contributed by atoms with Crippen molar-refractivity contribution in [2.45, 2.75) is 44.2 Å². The Balaban J connectivity index is 1.53. The summed E-state index contributed by atoms with van der Waals surface area (Å²) >= 11 is 1.64. The van der Waals surface area contributed by atoms with E-state index in [2.05, 4.69) is 17.0 Å². The molecular weight excluding hydrogens is 513 g/mol. The third-order valence-corrected chi connectivity index (χ3v) is 7.87. The lowest BCUT2D eigenvalue weighted by Crippen LogP contribution is -2.39. The van der Waals surface area contributed by atoms with Crippen molar-refractivity contribution >= 4 is 23.5 Å². The van der Waals surface area contributed by atoms with E-state index in [9.17, 15) is 9.59 Å². The van der Waals surface area contributed by atoms with Gasteiger partial charge in [0.15, 0.2) is 11.4 Å². The van der Waals surface area contributed by atoms with Gasteiger partial charge in [0.05, 0.1) is 6.61 Å². The van der Waals surface area contributed by atoms with Crippen LogP contribution in [0.4, 0.5) is 4.39 Å². The lowest BCUT2D eigenvalue weighted by atomic mass is 9.84. The summed E-state index contributed by atoms with van der Waals surface area (Å²) in [5.74, 6) is -0.853. The van der Waals surface area contributed by atoms with Crippen LogP contribution >= 0.6 is 11.8 Å². The van der Waals surface area contributed by atoms with Gasteiger partial charge in [-0.1, -0.05) is 48.5 Å². The normalized spacial score (nSPS) is 17.7. The molecular formula is C32H36FNO4S. The Morgan fingerprint density at radius 2 is 1.74 bits per heavy atom. The number of carbonyl (C=O) groups is 2. The van der Waals surface area contributed by atoms with Gasteiger partial charge in [0.1, 0.15) is 11.6 Å². The van der Waals surface area contributed by atoms with Crippen molar-refractivity contribution in [1.29, 1.82) is 0 Å². The molecule has 0 aliphatic carbocycles. The average molecular weight is 550 g/mol. The third-order valence-electron chi connectivity index (χ3n) is 7.12. The number of thioether (sulfide) groups is 1. The molecule has 1 aliphatic rings. The number of halogens is 1. The van der Waals surface area contributed by atoms with Crippen LogP contribution in [-0.4, -0.2) is 48.2 Å². The van der Waals surface area contributed by atoms with Gasteiger partial charge >= 0.3 is 5.97 Å². The smallest absolute Gasteiger partial charge is 0.349 e. The molecule has 0 aromatic heterocycles. The molecule has 5 nitrogen and oxygen atoms in total. The highest BCUT2D eigenvalue weighted by molar-refractivity contribution is 7.98. The summed E-state index contributed by atoms with van der Waals surface area (Å²) < 4.78 is 26.1. The number of carbonyl (C=O) groups excluding carboxylic acids is 2. The number of benzene rings is 3. The number of ketones is 1. The van der Waals surface area contributed by atoms with Gasteiger partial charge in [0.25, 0.3) is 0 Å². The van der Waals surface area contributed by atoms with Crippen molar-refractivity contribution in [2.24, 2.45) is 11.8 Å². The first kappa shape index (κ1) is 28.8. The van der Waals surface area contributed by atoms with Crippen molar-refractivity contribution in [3.63, 3.8) is 0 Å². The van der Waals surface area contributed by atoms with E-state index >= 15 is 4.39 Å². The number of hydrogen-bond donors (Lipinski definition) is 0. The zero-order chi connectivity index (χ0) is 28.0. The van der Waals surface area contributed by atoms with Gasteiger partial charge in [0, 0.05) is 42.1 Å². The Hall–Kier alpha value is -3.16. The van der Waals surface area contributed by atoms with E-state index in [1.165, 1.54) is 11.6 Å². The second-order valence-electron chi connectivity index (χ2n) is 10.4. The maximum atomic E-state index is 15.3. The number of Topliss-reactive ketones (excluding diaryl/α,β-unsaturated/α-hetero) is 1. The predicted octanol–water partition coefficient (Wildman–Crippen LogP) is 6.44. The summed E-state index contributed by atoms with van der Waals surface area (Å²) in [7, 11) is 0. The SMILES string of the molecule is CCOC(=O)C(C)(C)Oc1ccc(C[C@H]2CN(Cc3ccccc3)C[C@@H]2C(=O)c2ccc(SC)cc2)c(F)c1. The maximum absolute atomic E-state index is 15.3. The maximum Gasteiger partial charge on any atom is 0.349 e. The van der Waals surface area contributed by atoms with Crippen LogP contribution in [0.15, 0.2) is 77.7 Å². The summed E-state index contributed by atoms with van der Waals surface area (Å²) in [6, 6.07) is 22.6. The molecule has 0 N–H and O–H groups in total. The summed E-state index contributed by atoms with van der Waals surface area (Å²) in [5.41, 5.74) is 1.16. The number of likely N-dealkylation sites (tertiary alicyclic amines) is 1. The monoisotopic (exact) mass is 549 g/mol. The highest BCUT2D eigenvalue weighted by Crippen LogP contribution is 2.33. The van der Waals surface area contributed by atoms with Crippen LogP contribution < -0.4 is 4.74 Å². The Morgan fingerprint density at radius 3 is 2.38 bits per heavy atom. The van der Waals surface area contributed by atoms with Crippen LogP contribution in [-0.2, 0) is 22.5 Å². The second kappa shape index (κ2) is 12.8. The second-order valence-corrected chi connectivity index (χ2v) is 11.3. The molecule has 4 rings (SSSR count). The highest BCUT2D eigenvalue weighted by Gasteiger charge is 2.38. The van der Waals surface area contributed by atoms with Crippen LogP contribution in [0.25, 0.3) is 0 Å². The van der Waals surface area contributed by atoms with Gasteiger partial charge in [0.2, 0.25) is 0 Å². The summed E-state index contributed by atoms with van der Waals surface area (Å²) in [6.45, 7) is 7.22. The van der Waals surface area contributed by atoms with Gasteiger partial charge in [-0.05, 0) is 68.7 Å². The lowest BCUT2D eigenvalue weighted by Gasteiger charge is -2.24. The van der Waals surface area contributed by atoms with Crippen molar-refractivity contribution in [1.82, 2.24) is 4.90 Å². The fourth-order valence-electron chi connectivity index (χ4n) is 5.09. The first-order valence-electron chi connectivity index (χ1n) is 13.3. The molecule has 2 atom stereocenters. The van der Waals surface area contributed by atoms with E-state index in [0.29, 0.717) is 30.6 Å². The molecule has 0 spiro atoms. The Morgan fingerprint density at radius 1 is 1.03 bits per heavy atom. The minimum absolute atomic E-state index is 0.0429. The average Bonchev–Trinajstić information content (AvgIpc) is 3.32. The lowest BCUT2D eigenvalue weighted by molar-refractivity contribution is -0.158. The Kier molecular flexibility index (Phi) is 9.46. The quantitative estimate of drug-likeness (QED) is 0.156. The van der Waals surface area contributed by atoms with Crippen molar-refractivity contribution in [3.05, 3.63) is 95.3 Å². The standard InChI is InChI=1S/C32H36FNO4S/c1-5-37-31(36)32(2,3)38-26-14-11-24(29(33)18-26)17-25-20-34(19-22-9-7-6-8-10-22)21-28(25)30(35)23-12-15-27(39-4)16-13-23/h6-16,18,25,28H,5,17,19-21H2,1-4H3/t25-,28-/m0/s1. The minimum Gasteiger partial charge on any atom is -0.476 e. The fourth-order valence-corrected chi connectivity index (χ4v) is 5.49. The van der Waals surface area contributed by atoms with Crippen LogP contribution in [0.2, 0.25) is 0 Å². The fraction of sp³-hybridized carbons (Fsp3) is 0.375. The zero-order valence-electron chi connectivity index (χ0n) is 23.0. The first-order chi connectivity index (χ1) is 18.7. The molecule has 7 heteroatoms. The largest absolute Gasteiger partial charge is 0.476 e. The van der Waals surface area contributed by atoms with Gasteiger partial charge in [-0.3, -0.25) is 9.69 Å². The number of hydrogen-bond acceptors (Lipinski definition) is 6. The van der Waals surface area contributed by atoms with E-state index in [-0.39, 0.29) is 30.0 Å². The van der Waals surface area contributed by atoms with E-state index < -0.39 is 17.4 Å². The van der Waals surface area contributed by atoms with Crippen LogP contribution in [0, 0.1) is 17.7 Å². The van der Waals surface area contributed by atoms with Gasteiger partial charge < -0.3 is 9.47 Å². The number of esters is 1. The Bertz CT molecular complexity index is 1280. The molecule has 0 saturated carbocycles. The minimum atomic E-state index is -1.24. The number of rotatable bonds is 11. The molecule has 0 radical (unpaired) electrons. The topological polar surface area (TPSA) is 55.8 Å². The molecule has 0 unspecified atom stereocenters. The predicted molar refractivity (Wildman–Crippen MR) is 153 cm³/mol. The zero-order valence-corrected chi connectivity index (χ0v) is 23.8. The van der Waals surface area contributed by atoms with E-state index in [1.807, 2.05) is 48.7 Å². The van der Waals surface area contributed by atoms with Gasteiger partial charge in [-0.15, -0.1) is 11.8 Å². The number of ether oxygens (including phenoxy) is 2. The molecule has 1 saturated heterocycles. The highest BCUT2D eigenvalue weighted by atomic mass is 32.2. The molecule has 206 valence electrons. The molecule has 0 amide bonds. The molecule has 0 bridgehead atoms. The van der Waals surface area contributed by atoms with Gasteiger partial charge in [-0.25, -0.2) is 9.18 Å². The molecule has 3 aromatic rings. The van der Waals surface area contributed by atoms with Crippen LogP contribution in [0.1, 0.15) is 42.3 Å². The molecule has 3 aromatic carbocycles. The van der Waals surface area contributed by atoms with Crippen LogP contribution in [0.5, 0.6) is 5.75 Å². The van der Waals surface area contributed by atoms with Crippen molar-refractivity contribution in [2.75, 3.05) is 26.0 Å². The summed E-state index contributed by atoms with van der Waals surface area (Å²) in [6.07, 6.45) is 2.44. The molecule has 1 fully saturated rings. The van der Waals surface area contributed by atoms with Crippen molar-refractivity contribution in [3.8, 4) is 5.75 Å².